The largest absolute Gasteiger partial charge is 0.508 e. The van der Waals surface area contributed by atoms with Crippen molar-refractivity contribution in [3.63, 3.8) is 0 Å². The summed E-state index contributed by atoms with van der Waals surface area (Å²) in [6, 6.07) is 0. The molecule has 1 saturated heterocycles. The van der Waals surface area contributed by atoms with Crippen LogP contribution in [0.15, 0.2) is 0 Å². The van der Waals surface area contributed by atoms with Gasteiger partial charge in [-0.3, -0.25) is 0 Å². The predicted octanol–water partition coefficient (Wildman–Crippen LogP) is 0.948. The highest BCUT2D eigenvalue weighted by atomic mass is 16.8. The molecule has 0 aromatic carbocycles. The van der Waals surface area contributed by atoms with E-state index < -0.39 is 6.16 Å². The van der Waals surface area contributed by atoms with E-state index in [2.05, 4.69) is 4.74 Å². The summed E-state index contributed by atoms with van der Waals surface area (Å²) in [5.41, 5.74) is 0. The van der Waals surface area contributed by atoms with Crippen LogP contribution in [0.4, 0.5) is 4.79 Å². The molecule has 0 aromatic rings. The molecule has 0 spiro atoms. The summed E-state index contributed by atoms with van der Waals surface area (Å²) >= 11 is 0. The van der Waals surface area contributed by atoms with Gasteiger partial charge in [0, 0.05) is 6.61 Å². The zero-order valence-electron chi connectivity index (χ0n) is 6.54. The average Bonchev–Trinajstić information content (AvgIpc) is 2.37. The van der Waals surface area contributed by atoms with E-state index in [1.165, 1.54) is 0 Å². The molecule has 0 amide bonds. The van der Waals surface area contributed by atoms with Crippen LogP contribution in [0, 0.1) is 0 Å². The molecule has 11 heavy (non-hydrogen) atoms. The number of rotatable bonds is 4. The van der Waals surface area contributed by atoms with E-state index in [1.807, 2.05) is 6.92 Å². The second kappa shape index (κ2) is 4.18. The number of carbonyl (C=O) groups excluding carboxylic acids is 1. The van der Waals surface area contributed by atoms with Gasteiger partial charge in [0.25, 0.3) is 0 Å². The molecule has 4 nitrogen and oxygen atoms in total. The number of carbonyl (C=O) groups is 1. The molecule has 1 unspecified atom stereocenters. The fraction of sp³-hybridized carbons (Fsp3) is 0.857. The Labute approximate surface area is 65.4 Å². The monoisotopic (exact) mass is 160 g/mol. The highest BCUT2D eigenvalue weighted by Crippen LogP contribution is 2.05. The normalized spacial score (nSPS) is 23.0. The molecule has 0 saturated carbocycles. The van der Waals surface area contributed by atoms with E-state index in [0.717, 1.165) is 6.42 Å². The first-order chi connectivity index (χ1) is 5.33. The molecule has 1 aliphatic rings. The fourth-order valence-corrected chi connectivity index (χ4v) is 0.806. The van der Waals surface area contributed by atoms with Crippen molar-refractivity contribution in [3.8, 4) is 0 Å². The van der Waals surface area contributed by atoms with Gasteiger partial charge in [-0.2, -0.15) is 0 Å². The van der Waals surface area contributed by atoms with E-state index >= 15 is 0 Å². The van der Waals surface area contributed by atoms with Crippen LogP contribution < -0.4 is 0 Å². The van der Waals surface area contributed by atoms with E-state index in [4.69, 9.17) is 9.47 Å². The van der Waals surface area contributed by atoms with Gasteiger partial charge in [-0.05, 0) is 6.42 Å². The van der Waals surface area contributed by atoms with Gasteiger partial charge in [0.15, 0.2) is 6.10 Å². The highest BCUT2D eigenvalue weighted by Gasteiger charge is 2.24. The molecule has 0 aliphatic carbocycles. The Hall–Kier alpha value is -0.770. The van der Waals surface area contributed by atoms with Crippen molar-refractivity contribution >= 4 is 6.16 Å². The van der Waals surface area contributed by atoms with Crippen molar-refractivity contribution in [1.29, 1.82) is 0 Å². The van der Waals surface area contributed by atoms with Crippen LogP contribution in [0.1, 0.15) is 13.3 Å². The van der Waals surface area contributed by atoms with Crippen LogP contribution in [0.2, 0.25) is 0 Å². The van der Waals surface area contributed by atoms with Gasteiger partial charge in [0.2, 0.25) is 0 Å². The maximum atomic E-state index is 10.4. The lowest BCUT2D eigenvalue weighted by Crippen LogP contribution is -2.18. The quantitative estimate of drug-likeness (QED) is 0.453. The molecule has 1 atom stereocenters. The van der Waals surface area contributed by atoms with E-state index in [0.29, 0.717) is 19.8 Å². The fourth-order valence-electron chi connectivity index (χ4n) is 0.806. The Kier molecular flexibility index (Phi) is 3.16. The van der Waals surface area contributed by atoms with Gasteiger partial charge in [0.05, 0.1) is 6.61 Å². The third-order valence-corrected chi connectivity index (χ3v) is 1.30. The minimum absolute atomic E-state index is 0.200. The van der Waals surface area contributed by atoms with E-state index in [-0.39, 0.29) is 6.10 Å². The van der Waals surface area contributed by atoms with Gasteiger partial charge in [0.1, 0.15) is 6.61 Å². The zero-order valence-corrected chi connectivity index (χ0v) is 6.54. The number of ether oxygens (including phenoxy) is 3. The minimum atomic E-state index is -0.588. The lowest BCUT2D eigenvalue weighted by atomic mass is 10.4. The van der Waals surface area contributed by atoms with Crippen molar-refractivity contribution in [2.24, 2.45) is 0 Å². The lowest BCUT2D eigenvalue weighted by Gasteiger charge is -2.05. The smallest absolute Gasteiger partial charge is 0.430 e. The van der Waals surface area contributed by atoms with Gasteiger partial charge in [-0.25, -0.2) is 4.79 Å². The van der Waals surface area contributed by atoms with Crippen LogP contribution in [0.25, 0.3) is 0 Å². The summed E-state index contributed by atoms with van der Waals surface area (Å²) < 4.78 is 14.4. The molecule has 1 aliphatic heterocycles. The van der Waals surface area contributed by atoms with Crippen LogP contribution in [-0.2, 0) is 14.2 Å². The van der Waals surface area contributed by atoms with Crippen LogP contribution in [0.3, 0.4) is 0 Å². The standard InChI is InChI=1S/C7H12O4/c1-2-3-9-4-6-5-10-7(8)11-6/h6H,2-5H2,1H3. The third kappa shape index (κ3) is 2.76. The summed E-state index contributed by atoms with van der Waals surface area (Å²) in [7, 11) is 0. The summed E-state index contributed by atoms with van der Waals surface area (Å²) in [5.74, 6) is 0. The Bertz CT molecular complexity index is 134. The number of hydrogen-bond donors (Lipinski definition) is 0. The van der Waals surface area contributed by atoms with Crippen molar-refractivity contribution in [2.75, 3.05) is 19.8 Å². The van der Waals surface area contributed by atoms with Crippen molar-refractivity contribution in [2.45, 2.75) is 19.4 Å². The third-order valence-electron chi connectivity index (χ3n) is 1.30. The number of cyclic esters (lactones) is 2. The zero-order chi connectivity index (χ0) is 8.10. The summed E-state index contributed by atoms with van der Waals surface area (Å²) in [6.07, 6.45) is 0.186. The molecule has 0 aromatic heterocycles. The molecule has 64 valence electrons. The molecular weight excluding hydrogens is 148 g/mol. The predicted molar refractivity (Wildman–Crippen MR) is 37.3 cm³/mol. The van der Waals surface area contributed by atoms with Crippen molar-refractivity contribution < 1.29 is 19.0 Å². The van der Waals surface area contributed by atoms with Crippen molar-refractivity contribution in [1.82, 2.24) is 0 Å². The summed E-state index contributed by atoms with van der Waals surface area (Å²) in [4.78, 5) is 10.4. The summed E-state index contributed by atoms with van der Waals surface area (Å²) in [6.45, 7) is 3.49. The Balaban J connectivity index is 2.04. The molecule has 1 fully saturated rings. The van der Waals surface area contributed by atoms with Crippen LogP contribution in [0.5, 0.6) is 0 Å². The Morgan fingerprint density at radius 3 is 3.09 bits per heavy atom. The number of hydrogen-bond acceptors (Lipinski definition) is 4. The van der Waals surface area contributed by atoms with Crippen LogP contribution >= 0.6 is 0 Å². The Morgan fingerprint density at radius 2 is 2.55 bits per heavy atom. The van der Waals surface area contributed by atoms with Gasteiger partial charge in [-0.1, -0.05) is 6.92 Å². The lowest BCUT2D eigenvalue weighted by molar-refractivity contribution is 0.0462. The highest BCUT2D eigenvalue weighted by molar-refractivity contribution is 5.61. The van der Waals surface area contributed by atoms with Gasteiger partial charge in [-0.15, -0.1) is 0 Å². The molecule has 0 bridgehead atoms. The first kappa shape index (κ1) is 8.33. The topological polar surface area (TPSA) is 44.8 Å². The first-order valence-electron chi connectivity index (χ1n) is 3.74. The molecular formula is C7H12O4. The molecule has 0 radical (unpaired) electrons. The second-order valence-corrected chi connectivity index (χ2v) is 2.38. The van der Waals surface area contributed by atoms with Gasteiger partial charge < -0.3 is 14.2 Å². The SMILES string of the molecule is CCCOCC1COC(=O)O1. The van der Waals surface area contributed by atoms with E-state index in [9.17, 15) is 4.79 Å². The molecule has 1 rings (SSSR count). The molecule has 4 heteroatoms. The summed E-state index contributed by atoms with van der Waals surface area (Å²) in [5, 5.41) is 0. The first-order valence-corrected chi connectivity index (χ1v) is 3.74. The molecule has 1 heterocycles. The van der Waals surface area contributed by atoms with E-state index in [1.54, 1.807) is 0 Å². The second-order valence-electron chi connectivity index (χ2n) is 2.38. The van der Waals surface area contributed by atoms with Gasteiger partial charge >= 0.3 is 6.16 Å². The maximum absolute atomic E-state index is 10.4. The Morgan fingerprint density at radius 1 is 1.73 bits per heavy atom. The molecule has 0 N–H and O–H groups in total. The van der Waals surface area contributed by atoms with Crippen molar-refractivity contribution in [3.05, 3.63) is 0 Å². The minimum Gasteiger partial charge on any atom is -0.430 e. The maximum Gasteiger partial charge on any atom is 0.508 e. The average molecular weight is 160 g/mol. The van der Waals surface area contributed by atoms with Crippen LogP contribution in [-0.4, -0.2) is 32.1 Å².